The maximum absolute atomic E-state index is 5.80. The van der Waals surface area contributed by atoms with Gasteiger partial charge in [-0.2, -0.15) is 0 Å². The average Bonchev–Trinajstić information content (AvgIpc) is 2.39. The van der Waals surface area contributed by atoms with Crippen molar-refractivity contribution in [3.8, 4) is 5.75 Å². The lowest BCUT2D eigenvalue weighted by molar-refractivity contribution is 0.309. The highest BCUT2D eigenvalue weighted by Crippen LogP contribution is 2.26. The molecule has 20 heavy (non-hydrogen) atoms. The average molecular weight is 275 g/mol. The van der Waals surface area contributed by atoms with E-state index in [1.807, 2.05) is 6.07 Å². The number of allylic oxidation sites excluding steroid dienone is 1. The van der Waals surface area contributed by atoms with Crippen molar-refractivity contribution in [1.82, 2.24) is 4.90 Å². The Morgan fingerprint density at radius 1 is 1.35 bits per heavy atom. The Kier molecular flexibility index (Phi) is 7.38. The van der Waals surface area contributed by atoms with Gasteiger partial charge in [-0.1, -0.05) is 38.5 Å². The number of rotatable bonds is 8. The SMILES string of the molecule is CC=C(c1cccc(OCCCC)c1)[C@@H](C)CN(C)C. The zero-order valence-corrected chi connectivity index (χ0v) is 13.6. The van der Waals surface area contributed by atoms with Crippen LogP contribution in [0.1, 0.15) is 39.2 Å². The molecular formula is C18H29NO. The Labute approximate surface area is 124 Å². The van der Waals surface area contributed by atoms with E-state index in [-0.39, 0.29) is 0 Å². The predicted octanol–water partition coefficient (Wildman–Crippen LogP) is 4.47. The van der Waals surface area contributed by atoms with Crippen molar-refractivity contribution in [2.45, 2.75) is 33.6 Å². The Balaban J connectivity index is 2.80. The molecule has 0 aliphatic heterocycles. The van der Waals surface area contributed by atoms with Crippen LogP contribution in [0.4, 0.5) is 0 Å². The van der Waals surface area contributed by atoms with E-state index < -0.39 is 0 Å². The molecule has 2 nitrogen and oxygen atoms in total. The molecule has 0 amide bonds. The van der Waals surface area contributed by atoms with Gasteiger partial charge in [-0.05, 0) is 56.6 Å². The van der Waals surface area contributed by atoms with Gasteiger partial charge in [-0.3, -0.25) is 0 Å². The lowest BCUT2D eigenvalue weighted by atomic mass is 9.93. The summed E-state index contributed by atoms with van der Waals surface area (Å²) >= 11 is 0. The summed E-state index contributed by atoms with van der Waals surface area (Å²) < 4.78 is 5.80. The summed E-state index contributed by atoms with van der Waals surface area (Å²) in [5.74, 6) is 1.49. The summed E-state index contributed by atoms with van der Waals surface area (Å²) in [7, 11) is 4.24. The van der Waals surface area contributed by atoms with Crippen LogP contribution in [-0.2, 0) is 0 Å². The highest BCUT2D eigenvalue weighted by Gasteiger charge is 2.12. The van der Waals surface area contributed by atoms with Gasteiger partial charge in [0, 0.05) is 6.54 Å². The van der Waals surface area contributed by atoms with E-state index in [1.165, 1.54) is 17.6 Å². The molecule has 0 aliphatic carbocycles. The third-order valence-corrected chi connectivity index (χ3v) is 3.41. The first kappa shape index (κ1) is 16.8. The highest BCUT2D eigenvalue weighted by atomic mass is 16.5. The fraction of sp³-hybridized carbons (Fsp3) is 0.556. The molecule has 0 bridgehead atoms. The van der Waals surface area contributed by atoms with Crippen molar-refractivity contribution < 1.29 is 4.74 Å². The highest BCUT2D eigenvalue weighted by molar-refractivity contribution is 5.68. The monoisotopic (exact) mass is 275 g/mol. The quantitative estimate of drug-likeness (QED) is 0.649. The van der Waals surface area contributed by atoms with Crippen molar-refractivity contribution in [1.29, 1.82) is 0 Å². The van der Waals surface area contributed by atoms with E-state index in [4.69, 9.17) is 4.74 Å². The minimum Gasteiger partial charge on any atom is -0.494 e. The zero-order valence-electron chi connectivity index (χ0n) is 13.6. The summed E-state index contributed by atoms with van der Waals surface area (Å²) in [5, 5.41) is 0. The van der Waals surface area contributed by atoms with Crippen LogP contribution in [0.5, 0.6) is 5.75 Å². The van der Waals surface area contributed by atoms with Crippen LogP contribution in [0.15, 0.2) is 30.3 Å². The number of nitrogens with zero attached hydrogens (tertiary/aromatic N) is 1. The number of hydrogen-bond donors (Lipinski definition) is 0. The lowest BCUT2D eigenvalue weighted by Crippen LogP contribution is -2.20. The van der Waals surface area contributed by atoms with Gasteiger partial charge in [-0.15, -0.1) is 0 Å². The van der Waals surface area contributed by atoms with Gasteiger partial charge in [0.2, 0.25) is 0 Å². The van der Waals surface area contributed by atoms with Crippen molar-refractivity contribution in [2.75, 3.05) is 27.2 Å². The van der Waals surface area contributed by atoms with E-state index in [0.717, 1.165) is 25.3 Å². The maximum atomic E-state index is 5.80. The molecule has 2 heteroatoms. The minimum absolute atomic E-state index is 0.515. The van der Waals surface area contributed by atoms with Crippen molar-refractivity contribution >= 4 is 5.57 Å². The first-order chi connectivity index (χ1) is 9.58. The fourth-order valence-corrected chi connectivity index (χ4v) is 2.48. The van der Waals surface area contributed by atoms with E-state index in [1.54, 1.807) is 0 Å². The van der Waals surface area contributed by atoms with Crippen LogP contribution >= 0.6 is 0 Å². The first-order valence-electron chi connectivity index (χ1n) is 7.62. The smallest absolute Gasteiger partial charge is 0.119 e. The van der Waals surface area contributed by atoms with Crippen molar-refractivity contribution in [3.05, 3.63) is 35.9 Å². The van der Waals surface area contributed by atoms with Crippen LogP contribution in [0, 0.1) is 5.92 Å². The Morgan fingerprint density at radius 2 is 2.10 bits per heavy atom. The van der Waals surface area contributed by atoms with Crippen LogP contribution in [0.25, 0.3) is 5.57 Å². The van der Waals surface area contributed by atoms with Crippen molar-refractivity contribution in [2.24, 2.45) is 5.92 Å². The Bertz CT molecular complexity index is 423. The molecule has 1 atom stereocenters. The van der Waals surface area contributed by atoms with Crippen LogP contribution < -0.4 is 4.74 Å². The molecule has 0 aliphatic rings. The summed E-state index contributed by atoms with van der Waals surface area (Å²) in [6, 6.07) is 8.47. The Morgan fingerprint density at radius 3 is 2.70 bits per heavy atom. The second kappa shape index (κ2) is 8.80. The molecule has 0 spiro atoms. The molecule has 0 aromatic heterocycles. The topological polar surface area (TPSA) is 12.5 Å². The number of ether oxygens (including phenoxy) is 1. The minimum atomic E-state index is 0.515. The molecular weight excluding hydrogens is 246 g/mol. The number of benzene rings is 1. The van der Waals surface area contributed by atoms with Crippen LogP contribution in [-0.4, -0.2) is 32.1 Å². The van der Waals surface area contributed by atoms with Gasteiger partial charge in [0.1, 0.15) is 5.75 Å². The predicted molar refractivity (Wildman–Crippen MR) is 88.2 cm³/mol. The zero-order chi connectivity index (χ0) is 15.0. The normalized spacial score (nSPS) is 13.6. The summed E-state index contributed by atoms with van der Waals surface area (Å²) in [5.41, 5.74) is 2.66. The molecule has 0 fully saturated rings. The molecule has 0 saturated heterocycles. The van der Waals surface area contributed by atoms with E-state index >= 15 is 0 Å². The maximum Gasteiger partial charge on any atom is 0.119 e. The van der Waals surface area contributed by atoms with Gasteiger partial charge in [-0.25, -0.2) is 0 Å². The summed E-state index contributed by atoms with van der Waals surface area (Å²) in [6.07, 6.45) is 4.50. The molecule has 0 N–H and O–H groups in total. The third kappa shape index (κ3) is 5.38. The molecule has 0 heterocycles. The summed E-state index contributed by atoms with van der Waals surface area (Å²) in [6.45, 7) is 8.44. The van der Waals surface area contributed by atoms with Gasteiger partial charge >= 0.3 is 0 Å². The largest absolute Gasteiger partial charge is 0.494 e. The van der Waals surface area contributed by atoms with Gasteiger partial charge < -0.3 is 9.64 Å². The molecule has 1 aromatic carbocycles. The molecule has 0 unspecified atom stereocenters. The van der Waals surface area contributed by atoms with Gasteiger partial charge in [0.15, 0.2) is 0 Å². The van der Waals surface area contributed by atoms with Gasteiger partial charge in [0.05, 0.1) is 6.61 Å². The standard InChI is InChI=1S/C18H29NO/c1-6-8-12-20-17-11-9-10-16(13-17)18(7-2)15(3)14-19(4)5/h7,9-11,13,15H,6,8,12,14H2,1-5H3/t15-/m0/s1. The second-order valence-corrected chi connectivity index (χ2v) is 5.64. The molecule has 1 rings (SSSR count). The number of unbranched alkanes of at least 4 members (excludes halogenated alkanes) is 1. The lowest BCUT2D eigenvalue weighted by Gasteiger charge is -2.20. The second-order valence-electron chi connectivity index (χ2n) is 5.64. The molecule has 1 aromatic rings. The van der Waals surface area contributed by atoms with E-state index in [2.05, 4.69) is 64.0 Å². The van der Waals surface area contributed by atoms with E-state index in [0.29, 0.717) is 5.92 Å². The first-order valence-corrected chi connectivity index (χ1v) is 7.62. The van der Waals surface area contributed by atoms with Crippen LogP contribution in [0.2, 0.25) is 0 Å². The van der Waals surface area contributed by atoms with Crippen molar-refractivity contribution in [3.63, 3.8) is 0 Å². The van der Waals surface area contributed by atoms with Gasteiger partial charge in [0.25, 0.3) is 0 Å². The van der Waals surface area contributed by atoms with Crippen LogP contribution in [0.3, 0.4) is 0 Å². The third-order valence-electron chi connectivity index (χ3n) is 3.41. The summed E-state index contributed by atoms with van der Waals surface area (Å²) in [4.78, 5) is 2.23. The van der Waals surface area contributed by atoms with E-state index in [9.17, 15) is 0 Å². The molecule has 112 valence electrons. The molecule has 0 radical (unpaired) electrons. The molecule has 0 saturated carbocycles. The number of hydrogen-bond acceptors (Lipinski definition) is 2. The fourth-order valence-electron chi connectivity index (χ4n) is 2.48. The Hall–Kier alpha value is -1.28.